The first kappa shape index (κ1) is 17.5. The van der Waals surface area contributed by atoms with Crippen LogP contribution in [0.15, 0.2) is 47.1 Å². The molecule has 4 nitrogen and oxygen atoms in total. The van der Waals surface area contributed by atoms with Crippen LogP contribution in [0.3, 0.4) is 0 Å². The summed E-state index contributed by atoms with van der Waals surface area (Å²) in [5.74, 6) is -2.34. The van der Waals surface area contributed by atoms with Crippen molar-refractivity contribution >= 4 is 15.9 Å². The number of benzene rings is 2. The zero-order chi connectivity index (χ0) is 19.5. The Balaban J connectivity index is 1.51. The van der Waals surface area contributed by atoms with Gasteiger partial charge in [0, 0.05) is 27.7 Å². The lowest BCUT2D eigenvalue weighted by molar-refractivity contribution is 0.0480. The number of aromatic amines is 1. The number of hydrogen-bond donors (Lipinski definition) is 2. The maximum absolute atomic E-state index is 15.1. The highest BCUT2D eigenvalue weighted by Crippen LogP contribution is 2.52. The molecular weight excluding hydrogens is 426 g/mol. The number of nitrogens with zero attached hydrogens (tertiary/aromatic N) is 2. The fourth-order valence-electron chi connectivity index (χ4n) is 4.07. The minimum absolute atomic E-state index is 0.0118. The molecule has 3 aromatic rings. The van der Waals surface area contributed by atoms with Crippen LogP contribution in [0.4, 0.5) is 8.78 Å². The van der Waals surface area contributed by atoms with Gasteiger partial charge in [-0.3, -0.25) is 0 Å². The summed E-state index contributed by atoms with van der Waals surface area (Å²) in [6, 6.07) is 12.4. The van der Waals surface area contributed by atoms with Gasteiger partial charge in [-0.1, -0.05) is 34.1 Å². The van der Waals surface area contributed by atoms with Crippen molar-refractivity contribution in [1.82, 2.24) is 15.3 Å². The van der Waals surface area contributed by atoms with Gasteiger partial charge < -0.3 is 10.3 Å². The molecule has 1 saturated heterocycles. The number of fused-ring (bicyclic) bond motifs is 3. The van der Waals surface area contributed by atoms with Crippen LogP contribution >= 0.6 is 15.9 Å². The topological polar surface area (TPSA) is 64.5 Å². The highest BCUT2D eigenvalue weighted by molar-refractivity contribution is 9.10. The minimum Gasteiger partial charge on any atom is -0.341 e. The number of imidazole rings is 1. The fourth-order valence-corrected chi connectivity index (χ4v) is 4.43. The Kier molecular flexibility index (Phi) is 3.90. The van der Waals surface area contributed by atoms with E-state index in [0.29, 0.717) is 39.8 Å². The van der Waals surface area contributed by atoms with Crippen LogP contribution < -0.4 is 5.32 Å². The van der Waals surface area contributed by atoms with Crippen molar-refractivity contribution in [2.24, 2.45) is 5.92 Å². The van der Waals surface area contributed by atoms with Gasteiger partial charge >= 0.3 is 0 Å². The summed E-state index contributed by atoms with van der Waals surface area (Å²) in [4.78, 5) is 7.63. The average Bonchev–Trinajstić information content (AvgIpc) is 3.40. The summed E-state index contributed by atoms with van der Waals surface area (Å²) in [6.07, 6.45) is 2.35. The molecule has 0 bridgehead atoms. The van der Waals surface area contributed by atoms with E-state index in [-0.39, 0.29) is 23.1 Å². The Hall–Kier alpha value is -2.56. The number of nitrogens with one attached hydrogen (secondary N) is 2. The van der Waals surface area contributed by atoms with Gasteiger partial charge in [-0.25, -0.2) is 4.98 Å². The molecule has 5 rings (SSSR count). The van der Waals surface area contributed by atoms with Gasteiger partial charge in [-0.05, 0) is 35.7 Å². The predicted molar refractivity (Wildman–Crippen MR) is 105 cm³/mol. The Labute approximate surface area is 168 Å². The van der Waals surface area contributed by atoms with Crippen LogP contribution in [-0.4, -0.2) is 16.5 Å². The maximum Gasteiger partial charge on any atom is 0.299 e. The van der Waals surface area contributed by atoms with Crippen molar-refractivity contribution in [3.8, 4) is 28.5 Å². The summed E-state index contributed by atoms with van der Waals surface area (Å²) in [6.45, 7) is 0.635. The first-order chi connectivity index (χ1) is 13.5. The zero-order valence-corrected chi connectivity index (χ0v) is 16.2. The second-order valence-corrected chi connectivity index (χ2v) is 8.15. The molecule has 2 unspecified atom stereocenters. The normalized spacial score (nSPS) is 21.9. The van der Waals surface area contributed by atoms with Crippen LogP contribution in [0, 0.1) is 17.2 Å². The molecule has 140 valence electrons. The molecule has 1 fully saturated rings. The highest BCUT2D eigenvalue weighted by Gasteiger charge is 2.44. The first-order valence-corrected chi connectivity index (χ1v) is 9.77. The Bertz CT molecular complexity index is 1130. The van der Waals surface area contributed by atoms with E-state index in [1.807, 2.05) is 6.07 Å². The van der Waals surface area contributed by atoms with Gasteiger partial charge in [0.05, 0.1) is 29.9 Å². The molecular formula is C21H15BrF2N4. The van der Waals surface area contributed by atoms with Crippen LogP contribution in [0.2, 0.25) is 0 Å². The van der Waals surface area contributed by atoms with Gasteiger partial charge in [-0.2, -0.15) is 14.0 Å². The van der Waals surface area contributed by atoms with Gasteiger partial charge in [0.1, 0.15) is 5.82 Å². The standard InChI is InChI=1S/C21H15BrF2N4/c22-13-2-4-15-14-3-1-12(6-16(14)21(23,24)17(15)7-13)19-10-27-20(28-19)18-5-11(8-25)9-26-18/h1-4,6-7,10-11,18,26H,5,9H2,(H,27,28). The van der Waals surface area contributed by atoms with Crippen molar-refractivity contribution in [3.05, 3.63) is 64.0 Å². The van der Waals surface area contributed by atoms with E-state index < -0.39 is 5.92 Å². The second kappa shape index (κ2) is 6.23. The van der Waals surface area contributed by atoms with E-state index in [2.05, 4.69) is 37.3 Å². The van der Waals surface area contributed by atoms with E-state index in [9.17, 15) is 0 Å². The van der Waals surface area contributed by atoms with Crippen LogP contribution in [-0.2, 0) is 5.92 Å². The zero-order valence-electron chi connectivity index (χ0n) is 14.6. The number of halogens is 3. The third-order valence-corrected chi connectivity index (χ3v) is 6.01. The van der Waals surface area contributed by atoms with E-state index in [1.54, 1.807) is 30.5 Å². The third-order valence-electron chi connectivity index (χ3n) is 5.52. The third kappa shape index (κ3) is 2.60. The van der Waals surface area contributed by atoms with Gasteiger partial charge in [0.2, 0.25) is 0 Å². The van der Waals surface area contributed by atoms with E-state index >= 15 is 8.78 Å². The molecule has 7 heteroatoms. The molecule has 28 heavy (non-hydrogen) atoms. The lowest BCUT2D eigenvalue weighted by Crippen LogP contribution is -2.14. The average molecular weight is 441 g/mol. The summed E-state index contributed by atoms with van der Waals surface area (Å²) in [5.41, 5.74) is 2.52. The number of hydrogen-bond acceptors (Lipinski definition) is 3. The van der Waals surface area contributed by atoms with Crippen LogP contribution in [0.25, 0.3) is 22.4 Å². The van der Waals surface area contributed by atoms with Gasteiger partial charge in [0.25, 0.3) is 5.92 Å². The molecule has 2 N–H and O–H groups in total. The number of rotatable bonds is 2. The summed E-state index contributed by atoms with van der Waals surface area (Å²) >= 11 is 3.28. The molecule has 1 aromatic heterocycles. The molecule has 2 atom stereocenters. The summed E-state index contributed by atoms with van der Waals surface area (Å²) in [5, 5.41) is 12.3. The van der Waals surface area contributed by atoms with Gasteiger partial charge in [-0.15, -0.1) is 0 Å². The Morgan fingerprint density at radius 3 is 2.64 bits per heavy atom. The van der Waals surface area contributed by atoms with Crippen LogP contribution in [0.1, 0.15) is 29.4 Å². The van der Waals surface area contributed by atoms with Crippen molar-refractivity contribution in [2.45, 2.75) is 18.4 Å². The van der Waals surface area contributed by atoms with Crippen molar-refractivity contribution in [3.63, 3.8) is 0 Å². The lowest BCUT2D eigenvalue weighted by atomic mass is 10.0. The van der Waals surface area contributed by atoms with E-state index in [4.69, 9.17) is 5.26 Å². The Morgan fingerprint density at radius 1 is 1.14 bits per heavy atom. The van der Waals surface area contributed by atoms with E-state index in [1.165, 1.54) is 6.07 Å². The summed E-state index contributed by atoms with van der Waals surface area (Å²) < 4.78 is 30.7. The minimum atomic E-state index is -3.04. The Morgan fingerprint density at radius 2 is 1.89 bits per heavy atom. The van der Waals surface area contributed by atoms with Crippen molar-refractivity contribution < 1.29 is 8.78 Å². The molecule has 1 aliphatic heterocycles. The number of H-pyrrole nitrogens is 1. The molecule has 0 radical (unpaired) electrons. The lowest BCUT2D eigenvalue weighted by Gasteiger charge is -2.13. The SMILES string of the molecule is N#CC1CNC(c2ncc(-c3ccc4c(c3)C(F)(F)c3cc(Br)ccc3-4)[nH]2)C1. The van der Waals surface area contributed by atoms with Crippen molar-refractivity contribution in [2.75, 3.05) is 6.54 Å². The number of aromatic nitrogens is 2. The monoisotopic (exact) mass is 440 g/mol. The van der Waals surface area contributed by atoms with Crippen LogP contribution in [0.5, 0.6) is 0 Å². The molecule has 0 amide bonds. The molecule has 2 heterocycles. The first-order valence-electron chi connectivity index (χ1n) is 8.98. The molecule has 0 spiro atoms. The van der Waals surface area contributed by atoms with E-state index in [0.717, 1.165) is 5.82 Å². The number of nitriles is 1. The molecule has 1 aliphatic carbocycles. The second-order valence-electron chi connectivity index (χ2n) is 7.23. The smallest absolute Gasteiger partial charge is 0.299 e. The predicted octanol–water partition coefficient (Wildman–Crippen LogP) is 5.13. The fraction of sp³-hybridized carbons (Fsp3) is 0.238. The summed E-state index contributed by atoms with van der Waals surface area (Å²) in [7, 11) is 0. The maximum atomic E-state index is 15.1. The number of alkyl halides is 2. The molecule has 0 saturated carbocycles. The highest BCUT2D eigenvalue weighted by atomic mass is 79.9. The largest absolute Gasteiger partial charge is 0.341 e. The quantitative estimate of drug-likeness (QED) is 0.580. The molecule has 2 aliphatic rings. The van der Waals surface area contributed by atoms with Gasteiger partial charge in [0.15, 0.2) is 0 Å². The molecule has 2 aromatic carbocycles. The van der Waals surface area contributed by atoms with Crippen molar-refractivity contribution in [1.29, 1.82) is 5.26 Å².